The molecule has 1 atom stereocenters. The van der Waals surface area contributed by atoms with Crippen LogP contribution in [0.5, 0.6) is 0 Å². The van der Waals surface area contributed by atoms with Crippen molar-refractivity contribution in [2.45, 2.75) is 39.3 Å². The van der Waals surface area contributed by atoms with Crippen molar-refractivity contribution in [3.63, 3.8) is 0 Å². The van der Waals surface area contributed by atoms with Crippen LogP contribution in [0.2, 0.25) is 10.0 Å². The van der Waals surface area contributed by atoms with E-state index in [4.69, 9.17) is 23.2 Å². The van der Waals surface area contributed by atoms with Crippen LogP contribution in [-0.2, 0) is 22.6 Å². The molecular formula is C21H24Cl2N2O2. The molecule has 0 radical (unpaired) electrons. The molecule has 27 heavy (non-hydrogen) atoms. The summed E-state index contributed by atoms with van der Waals surface area (Å²) in [6, 6.07) is 14.2. The van der Waals surface area contributed by atoms with E-state index >= 15 is 0 Å². The normalized spacial score (nSPS) is 11.7. The Kier molecular flexibility index (Phi) is 8.14. The van der Waals surface area contributed by atoms with Crippen LogP contribution in [0, 0.1) is 0 Å². The highest BCUT2D eigenvalue weighted by molar-refractivity contribution is 6.31. The van der Waals surface area contributed by atoms with E-state index in [1.54, 1.807) is 24.0 Å². The second kappa shape index (κ2) is 10.3. The Balaban J connectivity index is 2.14. The standard InChI is InChI=1S/C21H24Cl2N2O2/c1-3-24-21(27)15(2)25(14-16-8-11-18(22)12-9-16)20(26)13-10-17-6-4-5-7-19(17)23/h4-9,11-12,15H,3,10,13-14H2,1-2H3,(H,24,27)/t15-/m0/s1. The number of hydrogen-bond donors (Lipinski definition) is 1. The Morgan fingerprint density at radius 3 is 2.37 bits per heavy atom. The maximum absolute atomic E-state index is 12.9. The van der Waals surface area contributed by atoms with Gasteiger partial charge < -0.3 is 10.2 Å². The van der Waals surface area contributed by atoms with Gasteiger partial charge in [-0.1, -0.05) is 53.5 Å². The van der Waals surface area contributed by atoms with Crippen molar-refractivity contribution in [1.29, 1.82) is 0 Å². The van der Waals surface area contributed by atoms with Gasteiger partial charge in [0.25, 0.3) is 0 Å². The minimum absolute atomic E-state index is 0.0939. The van der Waals surface area contributed by atoms with Crippen molar-refractivity contribution in [2.75, 3.05) is 6.54 Å². The van der Waals surface area contributed by atoms with Gasteiger partial charge in [0.1, 0.15) is 6.04 Å². The fourth-order valence-corrected chi connectivity index (χ4v) is 3.13. The molecule has 4 nitrogen and oxygen atoms in total. The van der Waals surface area contributed by atoms with Crippen LogP contribution in [0.15, 0.2) is 48.5 Å². The highest BCUT2D eigenvalue weighted by Gasteiger charge is 2.25. The number of carbonyl (C=O) groups excluding carboxylic acids is 2. The minimum atomic E-state index is -0.570. The van der Waals surface area contributed by atoms with Gasteiger partial charge in [-0.25, -0.2) is 0 Å². The lowest BCUT2D eigenvalue weighted by Gasteiger charge is -2.29. The van der Waals surface area contributed by atoms with Crippen LogP contribution in [0.3, 0.4) is 0 Å². The fourth-order valence-electron chi connectivity index (χ4n) is 2.78. The monoisotopic (exact) mass is 406 g/mol. The third-order valence-corrected chi connectivity index (χ3v) is 4.97. The zero-order valence-corrected chi connectivity index (χ0v) is 17.1. The lowest BCUT2D eigenvalue weighted by molar-refractivity contribution is -0.140. The Bertz CT molecular complexity index is 778. The van der Waals surface area contributed by atoms with Crippen molar-refractivity contribution in [1.82, 2.24) is 10.2 Å². The molecule has 0 aliphatic rings. The third-order valence-electron chi connectivity index (χ3n) is 4.35. The molecule has 0 aromatic heterocycles. The van der Waals surface area contributed by atoms with Gasteiger partial charge in [-0.2, -0.15) is 0 Å². The summed E-state index contributed by atoms with van der Waals surface area (Å²) in [5.74, 6) is -0.263. The number of carbonyl (C=O) groups is 2. The summed E-state index contributed by atoms with van der Waals surface area (Å²) in [6.45, 7) is 4.46. The first-order chi connectivity index (χ1) is 12.9. The molecular weight excluding hydrogens is 383 g/mol. The van der Waals surface area contributed by atoms with E-state index < -0.39 is 6.04 Å². The van der Waals surface area contributed by atoms with Gasteiger partial charge in [-0.3, -0.25) is 9.59 Å². The Hall–Kier alpha value is -2.04. The van der Waals surface area contributed by atoms with Crippen LogP contribution in [-0.4, -0.2) is 29.3 Å². The van der Waals surface area contributed by atoms with Gasteiger partial charge in [0.15, 0.2) is 0 Å². The first-order valence-corrected chi connectivity index (χ1v) is 9.73. The molecule has 2 amide bonds. The molecule has 1 N–H and O–H groups in total. The molecule has 0 aliphatic carbocycles. The van der Waals surface area contributed by atoms with E-state index in [2.05, 4.69) is 5.32 Å². The summed E-state index contributed by atoms with van der Waals surface area (Å²) in [5, 5.41) is 4.06. The maximum Gasteiger partial charge on any atom is 0.242 e. The molecule has 0 spiro atoms. The second-order valence-electron chi connectivity index (χ2n) is 6.31. The fraction of sp³-hybridized carbons (Fsp3) is 0.333. The number of nitrogens with zero attached hydrogens (tertiary/aromatic N) is 1. The minimum Gasteiger partial charge on any atom is -0.355 e. The van der Waals surface area contributed by atoms with Crippen molar-refractivity contribution in [3.8, 4) is 0 Å². The predicted octanol–water partition coefficient (Wildman–Crippen LogP) is 4.48. The van der Waals surface area contributed by atoms with Gasteiger partial charge >= 0.3 is 0 Å². The summed E-state index contributed by atoms with van der Waals surface area (Å²) < 4.78 is 0. The van der Waals surface area contributed by atoms with Gasteiger partial charge in [0.2, 0.25) is 11.8 Å². The first-order valence-electron chi connectivity index (χ1n) is 8.97. The number of halogens is 2. The molecule has 0 heterocycles. The number of aryl methyl sites for hydroxylation is 1. The molecule has 0 fully saturated rings. The topological polar surface area (TPSA) is 49.4 Å². The average Bonchev–Trinajstić information content (AvgIpc) is 2.66. The van der Waals surface area contributed by atoms with Crippen LogP contribution in [0.1, 0.15) is 31.4 Å². The molecule has 144 valence electrons. The largest absolute Gasteiger partial charge is 0.355 e. The van der Waals surface area contributed by atoms with Crippen LogP contribution in [0.4, 0.5) is 0 Å². The average molecular weight is 407 g/mol. The van der Waals surface area contributed by atoms with Crippen LogP contribution >= 0.6 is 23.2 Å². The highest BCUT2D eigenvalue weighted by atomic mass is 35.5. The quantitative estimate of drug-likeness (QED) is 0.702. The van der Waals surface area contributed by atoms with Crippen molar-refractivity contribution in [2.24, 2.45) is 0 Å². The Morgan fingerprint density at radius 2 is 1.74 bits per heavy atom. The van der Waals surface area contributed by atoms with Gasteiger partial charge in [0, 0.05) is 29.6 Å². The molecule has 0 aliphatic heterocycles. The zero-order valence-electron chi connectivity index (χ0n) is 15.5. The summed E-state index contributed by atoms with van der Waals surface area (Å²) in [7, 11) is 0. The smallest absolute Gasteiger partial charge is 0.242 e. The predicted molar refractivity (Wildman–Crippen MR) is 110 cm³/mol. The molecule has 2 aromatic rings. The van der Waals surface area contributed by atoms with Crippen molar-refractivity contribution >= 4 is 35.0 Å². The molecule has 0 saturated heterocycles. The molecule has 6 heteroatoms. The number of amides is 2. The number of rotatable bonds is 8. The number of benzene rings is 2. The first kappa shape index (κ1) is 21.3. The number of likely N-dealkylation sites (N-methyl/N-ethyl adjacent to an activating group) is 1. The van der Waals surface area contributed by atoms with E-state index in [-0.39, 0.29) is 18.2 Å². The lowest BCUT2D eigenvalue weighted by Crippen LogP contribution is -2.47. The summed E-state index contributed by atoms with van der Waals surface area (Å²) in [6.07, 6.45) is 0.804. The molecule has 2 aromatic carbocycles. The van der Waals surface area contributed by atoms with Crippen molar-refractivity contribution < 1.29 is 9.59 Å². The third kappa shape index (κ3) is 6.26. The van der Waals surface area contributed by atoms with Crippen LogP contribution in [0.25, 0.3) is 0 Å². The molecule has 0 saturated carbocycles. The molecule has 0 unspecified atom stereocenters. The van der Waals surface area contributed by atoms with Gasteiger partial charge in [-0.15, -0.1) is 0 Å². The van der Waals surface area contributed by atoms with Crippen molar-refractivity contribution in [3.05, 3.63) is 69.7 Å². The van der Waals surface area contributed by atoms with E-state index in [1.807, 2.05) is 43.3 Å². The highest BCUT2D eigenvalue weighted by Crippen LogP contribution is 2.19. The van der Waals surface area contributed by atoms with Gasteiger partial charge in [-0.05, 0) is 49.6 Å². The molecule has 2 rings (SSSR count). The van der Waals surface area contributed by atoms with Crippen LogP contribution < -0.4 is 5.32 Å². The van der Waals surface area contributed by atoms with E-state index in [0.717, 1.165) is 11.1 Å². The maximum atomic E-state index is 12.9. The number of nitrogens with one attached hydrogen (secondary N) is 1. The lowest BCUT2D eigenvalue weighted by atomic mass is 10.1. The Morgan fingerprint density at radius 1 is 1.07 bits per heavy atom. The van der Waals surface area contributed by atoms with E-state index in [9.17, 15) is 9.59 Å². The molecule has 0 bridgehead atoms. The Labute approximate surface area is 170 Å². The second-order valence-corrected chi connectivity index (χ2v) is 7.15. The summed E-state index contributed by atoms with van der Waals surface area (Å²) in [5.41, 5.74) is 1.84. The number of hydrogen-bond acceptors (Lipinski definition) is 2. The van der Waals surface area contributed by atoms with E-state index in [1.165, 1.54) is 0 Å². The van der Waals surface area contributed by atoms with Gasteiger partial charge in [0.05, 0.1) is 0 Å². The van der Waals surface area contributed by atoms with E-state index in [0.29, 0.717) is 29.6 Å². The zero-order chi connectivity index (χ0) is 19.8. The summed E-state index contributed by atoms with van der Waals surface area (Å²) >= 11 is 12.1. The SMILES string of the molecule is CCNC(=O)[C@H](C)N(Cc1ccc(Cl)cc1)C(=O)CCc1ccccc1Cl. The summed E-state index contributed by atoms with van der Waals surface area (Å²) in [4.78, 5) is 26.8.